The van der Waals surface area contributed by atoms with E-state index < -0.39 is 0 Å². The Morgan fingerprint density at radius 2 is 1.82 bits per heavy atom. The van der Waals surface area contributed by atoms with Gasteiger partial charge in [-0.2, -0.15) is 0 Å². The maximum atomic E-state index is 3.88. The Morgan fingerprint density at radius 1 is 1.18 bits per heavy atom. The zero-order valence-corrected chi connectivity index (χ0v) is 12.0. The van der Waals surface area contributed by atoms with Crippen molar-refractivity contribution in [3.05, 3.63) is 0 Å². The number of nitrogens with zero attached hydrogens (tertiary/aromatic N) is 1. The minimum absolute atomic E-state index is 0.466. The van der Waals surface area contributed by atoms with E-state index in [9.17, 15) is 0 Å². The van der Waals surface area contributed by atoms with Crippen LogP contribution in [0.5, 0.6) is 0 Å². The molecule has 1 heterocycles. The van der Waals surface area contributed by atoms with Crippen molar-refractivity contribution in [2.45, 2.75) is 83.3 Å². The Kier molecular flexibility index (Phi) is 4.48. The van der Waals surface area contributed by atoms with Crippen LogP contribution in [0.3, 0.4) is 0 Å². The van der Waals surface area contributed by atoms with Crippen LogP contribution in [0.1, 0.15) is 65.7 Å². The minimum Gasteiger partial charge on any atom is -0.308 e. The molecule has 1 unspecified atom stereocenters. The number of hydrogen-bond donors (Lipinski definition) is 1. The molecule has 0 bridgehead atoms. The maximum Gasteiger partial charge on any atom is 0.0309 e. The smallest absolute Gasteiger partial charge is 0.0309 e. The van der Waals surface area contributed by atoms with E-state index in [1.54, 1.807) is 0 Å². The van der Waals surface area contributed by atoms with Gasteiger partial charge in [0.15, 0.2) is 0 Å². The highest BCUT2D eigenvalue weighted by Gasteiger charge is 2.39. The first-order valence-electron chi connectivity index (χ1n) is 7.71. The van der Waals surface area contributed by atoms with Crippen LogP contribution in [-0.2, 0) is 0 Å². The van der Waals surface area contributed by atoms with E-state index >= 15 is 0 Å². The van der Waals surface area contributed by atoms with Crippen LogP contribution in [0, 0.1) is 0 Å². The van der Waals surface area contributed by atoms with Gasteiger partial charge < -0.3 is 5.32 Å². The predicted molar refractivity (Wildman–Crippen MR) is 74.4 cm³/mol. The summed E-state index contributed by atoms with van der Waals surface area (Å²) < 4.78 is 0. The largest absolute Gasteiger partial charge is 0.308 e. The number of piperazine rings is 1. The molecule has 0 radical (unpaired) electrons. The van der Waals surface area contributed by atoms with Gasteiger partial charge in [-0.1, -0.05) is 33.1 Å². The summed E-state index contributed by atoms with van der Waals surface area (Å²) in [6, 6.07) is 1.51. The van der Waals surface area contributed by atoms with Crippen molar-refractivity contribution < 1.29 is 0 Å². The molecule has 0 amide bonds. The Balaban J connectivity index is 2.04. The molecule has 2 nitrogen and oxygen atoms in total. The highest BCUT2D eigenvalue weighted by Crippen LogP contribution is 2.33. The van der Waals surface area contributed by atoms with E-state index in [0.717, 1.165) is 6.04 Å². The molecule has 2 aliphatic rings. The van der Waals surface area contributed by atoms with Crippen LogP contribution < -0.4 is 5.32 Å². The van der Waals surface area contributed by atoms with Gasteiger partial charge in [0.25, 0.3) is 0 Å². The molecule has 1 atom stereocenters. The average Bonchev–Trinajstić information content (AvgIpc) is 2.36. The first-order chi connectivity index (χ1) is 8.21. The maximum absolute atomic E-state index is 3.88. The van der Waals surface area contributed by atoms with E-state index in [1.165, 1.54) is 58.0 Å². The summed E-state index contributed by atoms with van der Waals surface area (Å²) in [7, 11) is 0. The monoisotopic (exact) mass is 238 g/mol. The van der Waals surface area contributed by atoms with Gasteiger partial charge >= 0.3 is 0 Å². The van der Waals surface area contributed by atoms with E-state index in [0.29, 0.717) is 11.6 Å². The third kappa shape index (κ3) is 2.85. The second kappa shape index (κ2) is 5.71. The minimum atomic E-state index is 0.466. The highest BCUT2D eigenvalue weighted by atomic mass is 15.3. The van der Waals surface area contributed by atoms with Gasteiger partial charge in [0, 0.05) is 30.7 Å². The predicted octanol–water partition coefficient (Wildman–Crippen LogP) is 3.17. The fourth-order valence-electron chi connectivity index (χ4n) is 3.85. The van der Waals surface area contributed by atoms with Crippen LogP contribution >= 0.6 is 0 Å². The molecule has 1 saturated heterocycles. The normalized spacial score (nSPS) is 30.0. The first kappa shape index (κ1) is 13.4. The van der Waals surface area contributed by atoms with Crippen molar-refractivity contribution in [3.63, 3.8) is 0 Å². The lowest BCUT2D eigenvalue weighted by molar-refractivity contribution is 0.0281. The standard InChI is InChI=1S/C15H30N2/c1-4-14(5-2)17-12-15(16-11-13(17)3)9-7-6-8-10-15/h13-14,16H,4-12H2,1-3H3. The van der Waals surface area contributed by atoms with Gasteiger partial charge in [0.2, 0.25) is 0 Å². The Labute approximate surface area is 107 Å². The van der Waals surface area contributed by atoms with E-state index in [2.05, 4.69) is 31.0 Å². The molecule has 1 aliphatic carbocycles. The average molecular weight is 238 g/mol. The van der Waals surface area contributed by atoms with Crippen LogP contribution in [-0.4, -0.2) is 35.6 Å². The number of rotatable bonds is 3. The van der Waals surface area contributed by atoms with Gasteiger partial charge in [0.1, 0.15) is 0 Å². The van der Waals surface area contributed by atoms with Gasteiger partial charge in [0.05, 0.1) is 0 Å². The summed E-state index contributed by atoms with van der Waals surface area (Å²) >= 11 is 0. The molecular formula is C15H30N2. The fourth-order valence-corrected chi connectivity index (χ4v) is 3.85. The molecule has 2 fully saturated rings. The summed E-state index contributed by atoms with van der Waals surface area (Å²) in [5.74, 6) is 0. The molecule has 0 aromatic rings. The first-order valence-corrected chi connectivity index (χ1v) is 7.71. The molecule has 1 aliphatic heterocycles. The molecule has 17 heavy (non-hydrogen) atoms. The Bertz CT molecular complexity index is 229. The van der Waals surface area contributed by atoms with E-state index in [-0.39, 0.29) is 0 Å². The van der Waals surface area contributed by atoms with Crippen molar-refractivity contribution in [1.82, 2.24) is 10.2 Å². The van der Waals surface area contributed by atoms with Crippen LogP contribution in [0.4, 0.5) is 0 Å². The lowest BCUT2D eigenvalue weighted by Gasteiger charge is -2.51. The second-order valence-corrected chi connectivity index (χ2v) is 6.21. The highest BCUT2D eigenvalue weighted by molar-refractivity contribution is 5.00. The summed E-state index contributed by atoms with van der Waals surface area (Å²) in [5.41, 5.74) is 0.466. The summed E-state index contributed by atoms with van der Waals surface area (Å²) in [6.45, 7) is 9.56. The molecule has 1 saturated carbocycles. The van der Waals surface area contributed by atoms with Gasteiger partial charge in [-0.05, 0) is 32.6 Å². The zero-order chi connectivity index (χ0) is 12.3. The lowest BCUT2D eigenvalue weighted by Crippen LogP contribution is -2.65. The Hall–Kier alpha value is -0.0800. The topological polar surface area (TPSA) is 15.3 Å². The third-order valence-corrected chi connectivity index (χ3v) is 5.05. The molecule has 100 valence electrons. The number of hydrogen-bond acceptors (Lipinski definition) is 2. The van der Waals surface area contributed by atoms with E-state index in [1.807, 2.05) is 0 Å². The molecule has 2 heteroatoms. The van der Waals surface area contributed by atoms with Gasteiger partial charge in [-0.3, -0.25) is 4.90 Å². The van der Waals surface area contributed by atoms with Crippen molar-refractivity contribution in [2.24, 2.45) is 0 Å². The van der Waals surface area contributed by atoms with Crippen LogP contribution in [0.15, 0.2) is 0 Å². The molecule has 0 aromatic heterocycles. The molecule has 1 N–H and O–H groups in total. The van der Waals surface area contributed by atoms with Crippen molar-refractivity contribution in [3.8, 4) is 0 Å². The van der Waals surface area contributed by atoms with E-state index in [4.69, 9.17) is 0 Å². The molecule has 2 rings (SSSR count). The van der Waals surface area contributed by atoms with Crippen molar-refractivity contribution in [1.29, 1.82) is 0 Å². The summed E-state index contributed by atoms with van der Waals surface area (Å²) in [5, 5.41) is 3.88. The lowest BCUT2D eigenvalue weighted by atomic mass is 9.79. The van der Waals surface area contributed by atoms with Crippen LogP contribution in [0.25, 0.3) is 0 Å². The molecule has 0 aromatic carbocycles. The fraction of sp³-hybridized carbons (Fsp3) is 1.00. The number of nitrogens with one attached hydrogen (secondary N) is 1. The quantitative estimate of drug-likeness (QED) is 0.812. The van der Waals surface area contributed by atoms with Gasteiger partial charge in [-0.15, -0.1) is 0 Å². The van der Waals surface area contributed by atoms with Gasteiger partial charge in [-0.25, -0.2) is 0 Å². The zero-order valence-electron chi connectivity index (χ0n) is 12.0. The van der Waals surface area contributed by atoms with Crippen LogP contribution in [0.2, 0.25) is 0 Å². The molecule has 1 spiro atoms. The summed E-state index contributed by atoms with van der Waals surface area (Å²) in [4.78, 5) is 2.79. The van der Waals surface area contributed by atoms with Crippen molar-refractivity contribution in [2.75, 3.05) is 13.1 Å². The Morgan fingerprint density at radius 3 is 2.41 bits per heavy atom. The van der Waals surface area contributed by atoms with Crippen molar-refractivity contribution >= 4 is 0 Å². The molecular weight excluding hydrogens is 208 g/mol. The second-order valence-electron chi connectivity index (χ2n) is 6.21. The summed E-state index contributed by atoms with van der Waals surface area (Å²) in [6.07, 6.45) is 9.71. The SMILES string of the molecule is CCC(CC)N1CC2(CCCCC2)NCC1C. The third-order valence-electron chi connectivity index (χ3n) is 5.05.